The van der Waals surface area contributed by atoms with Gasteiger partial charge < -0.3 is 20.2 Å². The van der Waals surface area contributed by atoms with Crippen molar-refractivity contribution in [1.29, 1.82) is 0 Å². The molecule has 0 radical (unpaired) electrons. The molecule has 1 aromatic rings. The van der Waals surface area contributed by atoms with Gasteiger partial charge in [0.25, 0.3) is 0 Å². The van der Waals surface area contributed by atoms with Gasteiger partial charge in [-0.2, -0.15) is 0 Å². The smallest absolute Gasteiger partial charge is 0.227 e. The molecule has 1 aliphatic rings. The Bertz CT molecular complexity index is 397. The number of furan rings is 1. The molecule has 1 saturated heterocycles. The van der Waals surface area contributed by atoms with Crippen molar-refractivity contribution in [1.82, 2.24) is 5.32 Å². The summed E-state index contributed by atoms with van der Waals surface area (Å²) in [5.74, 6) is 0.916. The van der Waals surface area contributed by atoms with Gasteiger partial charge in [-0.1, -0.05) is 0 Å². The van der Waals surface area contributed by atoms with Gasteiger partial charge in [0.05, 0.1) is 11.7 Å². The second kappa shape index (κ2) is 6.21. The van der Waals surface area contributed by atoms with E-state index in [1.165, 1.54) is 0 Å². The summed E-state index contributed by atoms with van der Waals surface area (Å²) in [6.45, 7) is 3.56. The van der Waals surface area contributed by atoms with Crippen LogP contribution in [0.25, 0.3) is 0 Å². The lowest BCUT2D eigenvalue weighted by molar-refractivity contribution is -0.136. The third-order valence-corrected chi connectivity index (χ3v) is 3.79. The predicted molar refractivity (Wildman–Crippen MR) is 71.6 cm³/mol. The van der Waals surface area contributed by atoms with Crippen molar-refractivity contribution in [3.63, 3.8) is 0 Å². The lowest BCUT2D eigenvalue weighted by Gasteiger charge is -2.35. The van der Waals surface area contributed by atoms with Crippen LogP contribution in [0.1, 0.15) is 25.5 Å². The Morgan fingerprint density at radius 3 is 2.84 bits per heavy atom. The van der Waals surface area contributed by atoms with Gasteiger partial charge in [-0.25, -0.2) is 0 Å². The molecule has 106 valence electrons. The van der Waals surface area contributed by atoms with E-state index in [-0.39, 0.29) is 11.9 Å². The first-order valence-electron chi connectivity index (χ1n) is 6.77. The quantitative estimate of drug-likeness (QED) is 0.836. The molecule has 2 rings (SSSR count). The minimum absolute atomic E-state index is 0.0323. The predicted octanol–water partition coefficient (Wildman–Crippen LogP) is 1.08. The van der Waals surface area contributed by atoms with Gasteiger partial charge in [0.1, 0.15) is 5.76 Å². The van der Waals surface area contributed by atoms with E-state index in [2.05, 4.69) is 5.32 Å². The number of carbonyl (C=O) groups is 1. The van der Waals surface area contributed by atoms with E-state index < -0.39 is 5.41 Å². The molecule has 1 aromatic heterocycles. The van der Waals surface area contributed by atoms with Crippen LogP contribution in [0.2, 0.25) is 0 Å². The number of hydrogen-bond donors (Lipinski definition) is 2. The van der Waals surface area contributed by atoms with Crippen LogP contribution in [0.15, 0.2) is 22.8 Å². The maximum Gasteiger partial charge on any atom is 0.227 e. The molecule has 5 heteroatoms. The summed E-state index contributed by atoms with van der Waals surface area (Å²) in [6, 6.07) is 3.80. The number of carbonyl (C=O) groups excluding carboxylic acids is 1. The molecule has 19 heavy (non-hydrogen) atoms. The molecular formula is C14H22N2O3. The Kier molecular flexibility index (Phi) is 4.61. The third kappa shape index (κ3) is 3.36. The van der Waals surface area contributed by atoms with Crippen LogP contribution < -0.4 is 11.1 Å². The molecule has 1 aliphatic heterocycles. The number of amides is 1. The number of nitrogens with two attached hydrogens (primary N) is 1. The van der Waals surface area contributed by atoms with E-state index in [0.717, 1.165) is 5.76 Å². The normalized spacial score (nSPS) is 19.9. The lowest BCUT2D eigenvalue weighted by Crippen LogP contribution is -2.51. The van der Waals surface area contributed by atoms with Crippen LogP contribution in [0.3, 0.4) is 0 Å². The van der Waals surface area contributed by atoms with Crippen molar-refractivity contribution in [2.24, 2.45) is 11.1 Å². The summed E-state index contributed by atoms with van der Waals surface area (Å²) in [5, 5.41) is 3.05. The highest BCUT2D eigenvalue weighted by atomic mass is 16.5. The van der Waals surface area contributed by atoms with Crippen molar-refractivity contribution in [3.05, 3.63) is 24.2 Å². The van der Waals surface area contributed by atoms with Crippen molar-refractivity contribution < 1.29 is 13.9 Å². The summed E-state index contributed by atoms with van der Waals surface area (Å²) in [6.07, 6.45) is 3.73. The van der Waals surface area contributed by atoms with Crippen LogP contribution in [0, 0.1) is 5.41 Å². The Balaban J connectivity index is 1.91. The molecule has 0 bridgehead atoms. The fraction of sp³-hybridized carbons (Fsp3) is 0.643. The van der Waals surface area contributed by atoms with Crippen molar-refractivity contribution >= 4 is 5.91 Å². The molecule has 5 nitrogen and oxygen atoms in total. The number of nitrogens with one attached hydrogen (secondary N) is 1. The summed E-state index contributed by atoms with van der Waals surface area (Å²) in [7, 11) is 0. The largest absolute Gasteiger partial charge is 0.469 e. The highest BCUT2D eigenvalue weighted by molar-refractivity contribution is 5.83. The summed E-state index contributed by atoms with van der Waals surface area (Å²) in [5.41, 5.74) is 5.35. The Morgan fingerprint density at radius 2 is 2.26 bits per heavy atom. The molecular weight excluding hydrogens is 244 g/mol. The minimum Gasteiger partial charge on any atom is -0.469 e. The van der Waals surface area contributed by atoms with E-state index in [4.69, 9.17) is 14.9 Å². The Labute approximate surface area is 113 Å². The maximum atomic E-state index is 12.4. The first-order valence-corrected chi connectivity index (χ1v) is 6.77. The third-order valence-electron chi connectivity index (χ3n) is 3.79. The van der Waals surface area contributed by atoms with Gasteiger partial charge in [0.2, 0.25) is 5.91 Å². The lowest BCUT2D eigenvalue weighted by atomic mass is 9.79. The number of rotatable bonds is 5. The monoisotopic (exact) mass is 266 g/mol. The average Bonchev–Trinajstić information content (AvgIpc) is 2.92. The first-order chi connectivity index (χ1) is 9.16. The highest BCUT2D eigenvalue weighted by Crippen LogP contribution is 2.29. The SMILES string of the molecule is CC(Cc1ccco1)NC(=O)C1(CN)CCOCC1. The topological polar surface area (TPSA) is 77.5 Å². The fourth-order valence-corrected chi connectivity index (χ4v) is 2.44. The second-order valence-electron chi connectivity index (χ2n) is 5.25. The average molecular weight is 266 g/mol. The van der Waals surface area contributed by atoms with E-state index in [0.29, 0.717) is 39.0 Å². The van der Waals surface area contributed by atoms with Crippen LogP contribution in [-0.2, 0) is 16.0 Å². The van der Waals surface area contributed by atoms with Gasteiger partial charge in [0.15, 0.2) is 0 Å². The second-order valence-corrected chi connectivity index (χ2v) is 5.25. The molecule has 2 heterocycles. The van der Waals surface area contributed by atoms with E-state index in [1.54, 1.807) is 6.26 Å². The molecule has 1 amide bonds. The van der Waals surface area contributed by atoms with Gasteiger partial charge in [-0.3, -0.25) is 4.79 Å². The minimum atomic E-state index is -0.463. The zero-order valence-corrected chi connectivity index (χ0v) is 11.4. The van der Waals surface area contributed by atoms with Crippen LogP contribution in [0.4, 0.5) is 0 Å². The highest BCUT2D eigenvalue weighted by Gasteiger charge is 2.39. The zero-order chi connectivity index (χ0) is 13.7. The van der Waals surface area contributed by atoms with Gasteiger partial charge in [-0.15, -0.1) is 0 Å². The molecule has 0 saturated carbocycles. The van der Waals surface area contributed by atoms with Crippen LogP contribution in [-0.4, -0.2) is 31.7 Å². The van der Waals surface area contributed by atoms with Crippen molar-refractivity contribution in [2.45, 2.75) is 32.2 Å². The zero-order valence-electron chi connectivity index (χ0n) is 11.4. The number of ether oxygens (including phenoxy) is 1. The van der Waals surface area contributed by atoms with E-state index >= 15 is 0 Å². The Hall–Kier alpha value is -1.33. The van der Waals surface area contributed by atoms with Gasteiger partial charge >= 0.3 is 0 Å². The van der Waals surface area contributed by atoms with Crippen LogP contribution in [0.5, 0.6) is 0 Å². The fourth-order valence-electron chi connectivity index (χ4n) is 2.44. The Morgan fingerprint density at radius 1 is 1.53 bits per heavy atom. The van der Waals surface area contributed by atoms with Gasteiger partial charge in [-0.05, 0) is 31.9 Å². The first kappa shape index (κ1) is 14.1. The molecule has 0 aliphatic carbocycles. The molecule has 1 atom stereocenters. The molecule has 0 aromatic carbocycles. The maximum absolute atomic E-state index is 12.4. The van der Waals surface area contributed by atoms with Crippen molar-refractivity contribution in [2.75, 3.05) is 19.8 Å². The number of hydrogen-bond acceptors (Lipinski definition) is 4. The van der Waals surface area contributed by atoms with E-state index in [1.807, 2.05) is 19.1 Å². The standard InChI is InChI=1S/C14H22N2O3/c1-11(9-12-3-2-6-19-12)16-13(17)14(10-15)4-7-18-8-5-14/h2-3,6,11H,4-5,7-10,15H2,1H3,(H,16,17). The van der Waals surface area contributed by atoms with Crippen LogP contribution >= 0.6 is 0 Å². The molecule has 1 fully saturated rings. The molecule has 1 unspecified atom stereocenters. The van der Waals surface area contributed by atoms with Gasteiger partial charge in [0, 0.05) is 32.2 Å². The van der Waals surface area contributed by atoms with Crippen molar-refractivity contribution in [3.8, 4) is 0 Å². The van der Waals surface area contributed by atoms with E-state index in [9.17, 15) is 4.79 Å². The summed E-state index contributed by atoms with van der Waals surface area (Å²) in [4.78, 5) is 12.4. The summed E-state index contributed by atoms with van der Waals surface area (Å²) < 4.78 is 10.6. The molecule has 3 N–H and O–H groups in total. The molecule has 0 spiro atoms. The summed E-state index contributed by atoms with van der Waals surface area (Å²) >= 11 is 0.